The van der Waals surface area contributed by atoms with E-state index in [0.29, 0.717) is 12.4 Å². The second-order valence-corrected chi connectivity index (χ2v) is 3.98. The molecule has 4 nitrogen and oxygen atoms in total. The summed E-state index contributed by atoms with van der Waals surface area (Å²) in [5.41, 5.74) is 2.48. The van der Waals surface area contributed by atoms with Crippen LogP contribution < -0.4 is 5.32 Å². The molecule has 18 heavy (non-hydrogen) atoms. The molecule has 0 amide bonds. The second-order valence-electron chi connectivity index (χ2n) is 3.98. The van der Waals surface area contributed by atoms with Crippen LogP contribution in [0.1, 0.15) is 21.5 Å². The lowest BCUT2D eigenvalue weighted by atomic mass is 10.1. The minimum Gasteiger partial charge on any atom is -0.478 e. The van der Waals surface area contributed by atoms with Crippen LogP contribution in [-0.2, 0) is 6.54 Å². The summed E-state index contributed by atoms with van der Waals surface area (Å²) in [6, 6.07) is 11.1. The highest BCUT2D eigenvalue weighted by atomic mass is 16.4. The van der Waals surface area contributed by atoms with E-state index in [2.05, 4.69) is 10.3 Å². The van der Waals surface area contributed by atoms with Crippen molar-refractivity contribution in [2.45, 2.75) is 13.5 Å². The maximum absolute atomic E-state index is 11.0. The first kappa shape index (κ1) is 12.1. The van der Waals surface area contributed by atoms with E-state index in [9.17, 15) is 4.79 Å². The molecule has 92 valence electrons. The third-order valence-corrected chi connectivity index (χ3v) is 2.75. The average molecular weight is 242 g/mol. The van der Waals surface area contributed by atoms with Crippen LogP contribution in [0, 0.1) is 6.92 Å². The molecule has 0 spiro atoms. The van der Waals surface area contributed by atoms with Crippen molar-refractivity contribution in [1.29, 1.82) is 0 Å². The molecule has 0 unspecified atom stereocenters. The summed E-state index contributed by atoms with van der Waals surface area (Å²) < 4.78 is 0. The van der Waals surface area contributed by atoms with Gasteiger partial charge in [0.1, 0.15) is 11.4 Å². The molecule has 2 aromatic rings. The van der Waals surface area contributed by atoms with Crippen LogP contribution in [0.4, 0.5) is 5.82 Å². The van der Waals surface area contributed by atoms with Gasteiger partial charge in [0, 0.05) is 12.7 Å². The van der Waals surface area contributed by atoms with E-state index in [1.807, 2.05) is 31.2 Å². The largest absolute Gasteiger partial charge is 0.478 e. The number of anilines is 1. The molecule has 0 saturated heterocycles. The molecule has 1 aromatic carbocycles. The van der Waals surface area contributed by atoms with Gasteiger partial charge in [0.05, 0.1) is 0 Å². The lowest BCUT2D eigenvalue weighted by molar-refractivity contribution is 0.0697. The molecule has 0 saturated carbocycles. The zero-order valence-electron chi connectivity index (χ0n) is 10.1. The fourth-order valence-corrected chi connectivity index (χ4v) is 1.71. The summed E-state index contributed by atoms with van der Waals surface area (Å²) in [7, 11) is 0. The molecule has 4 heteroatoms. The summed E-state index contributed by atoms with van der Waals surface area (Å²) in [5.74, 6) is -0.580. The van der Waals surface area contributed by atoms with Crippen molar-refractivity contribution in [3.63, 3.8) is 0 Å². The maximum Gasteiger partial charge on any atom is 0.339 e. The molecule has 1 aromatic heterocycles. The average Bonchev–Trinajstić information content (AvgIpc) is 2.38. The molecule has 0 aliphatic carbocycles. The van der Waals surface area contributed by atoms with Gasteiger partial charge in [-0.1, -0.05) is 24.3 Å². The number of pyridine rings is 1. The van der Waals surface area contributed by atoms with Gasteiger partial charge in [0.15, 0.2) is 0 Å². The number of nitrogens with one attached hydrogen (secondary N) is 1. The number of aromatic carboxylic acids is 1. The van der Waals surface area contributed by atoms with Crippen LogP contribution in [-0.4, -0.2) is 16.1 Å². The Hall–Kier alpha value is -2.36. The van der Waals surface area contributed by atoms with Gasteiger partial charge in [-0.3, -0.25) is 0 Å². The van der Waals surface area contributed by atoms with E-state index < -0.39 is 5.97 Å². The zero-order chi connectivity index (χ0) is 13.0. The standard InChI is InChI=1S/C14H14N2O2/c1-10-5-2-3-6-11(10)9-16-13-12(14(17)18)7-4-8-15-13/h2-8H,9H2,1H3,(H,15,16)(H,17,18). The number of carboxylic acid groups (broad SMARTS) is 1. The van der Waals surface area contributed by atoms with Gasteiger partial charge in [-0.15, -0.1) is 0 Å². The number of rotatable bonds is 4. The minimum atomic E-state index is -0.976. The van der Waals surface area contributed by atoms with E-state index in [-0.39, 0.29) is 5.56 Å². The highest BCUT2D eigenvalue weighted by molar-refractivity contribution is 5.92. The van der Waals surface area contributed by atoms with Crippen LogP contribution in [0.2, 0.25) is 0 Å². The lowest BCUT2D eigenvalue weighted by Crippen LogP contribution is -2.08. The highest BCUT2D eigenvalue weighted by Gasteiger charge is 2.10. The van der Waals surface area contributed by atoms with Gasteiger partial charge < -0.3 is 10.4 Å². The van der Waals surface area contributed by atoms with Crippen LogP contribution in [0.15, 0.2) is 42.6 Å². The van der Waals surface area contributed by atoms with Crippen molar-refractivity contribution in [3.05, 3.63) is 59.3 Å². The molecule has 0 atom stereocenters. The van der Waals surface area contributed by atoms with Crippen molar-refractivity contribution in [3.8, 4) is 0 Å². The van der Waals surface area contributed by atoms with E-state index in [0.717, 1.165) is 11.1 Å². The summed E-state index contributed by atoms with van der Waals surface area (Å²) in [6.45, 7) is 2.58. The van der Waals surface area contributed by atoms with Crippen molar-refractivity contribution >= 4 is 11.8 Å². The lowest BCUT2D eigenvalue weighted by Gasteiger charge is -2.09. The molecule has 0 radical (unpaired) electrons. The Balaban J connectivity index is 2.16. The molecule has 0 bridgehead atoms. The van der Waals surface area contributed by atoms with Crippen molar-refractivity contribution in [2.75, 3.05) is 5.32 Å². The second kappa shape index (κ2) is 5.31. The third kappa shape index (κ3) is 2.66. The Morgan fingerprint density at radius 2 is 2.06 bits per heavy atom. The summed E-state index contributed by atoms with van der Waals surface area (Å²) in [4.78, 5) is 15.1. The molecule has 0 fully saturated rings. The van der Waals surface area contributed by atoms with E-state index in [1.54, 1.807) is 12.3 Å². The first-order valence-corrected chi connectivity index (χ1v) is 5.65. The first-order chi connectivity index (χ1) is 8.68. The maximum atomic E-state index is 11.0. The molecular formula is C14H14N2O2. The highest BCUT2D eigenvalue weighted by Crippen LogP contribution is 2.14. The predicted octanol–water partition coefficient (Wildman–Crippen LogP) is 2.70. The normalized spacial score (nSPS) is 10.1. The number of nitrogens with zero attached hydrogens (tertiary/aromatic N) is 1. The molecule has 0 aliphatic heterocycles. The van der Waals surface area contributed by atoms with Crippen molar-refractivity contribution in [2.24, 2.45) is 0 Å². The number of hydrogen-bond acceptors (Lipinski definition) is 3. The van der Waals surface area contributed by atoms with Gasteiger partial charge in [0.2, 0.25) is 0 Å². The van der Waals surface area contributed by atoms with Gasteiger partial charge >= 0.3 is 5.97 Å². The number of benzene rings is 1. The smallest absolute Gasteiger partial charge is 0.339 e. The number of aromatic nitrogens is 1. The van der Waals surface area contributed by atoms with Gasteiger partial charge in [0.25, 0.3) is 0 Å². The quantitative estimate of drug-likeness (QED) is 0.865. The van der Waals surface area contributed by atoms with Gasteiger partial charge in [-0.05, 0) is 30.2 Å². The molecule has 2 rings (SSSR count). The van der Waals surface area contributed by atoms with Crippen LogP contribution in [0.5, 0.6) is 0 Å². The Labute approximate surface area is 105 Å². The first-order valence-electron chi connectivity index (χ1n) is 5.65. The van der Waals surface area contributed by atoms with Crippen LogP contribution in [0.3, 0.4) is 0 Å². The van der Waals surface area contributed by atoms with Crippen molar-refractivity contribution < 1.29 is 9.90 Å². The molecule has 1 heterocycles. The third-order valence-electron chi connectivity index (χ3n) is 2.75. The SMILES string of the molecule is Cc1ccccc1CNc1ncccc1C(=O)O. The number of carboxylic acids is 1. The Morgan fingerprint density at radius 1 is 1.28 bits per heavy atom. The minimum absolute atomic E-state index is 0.186. The number of aryl methyl sites for hydroxylation is 1. The summed E-state index contributed by atoms with van der Waals surface area (Å²) in [5, 5.41) is 12.1. The van der Waals surface area contributed by atoms with E-state index in [1.165, 1.54) is 6.07 Å². The Morgan fingerprint density at radius 3 is 2.78 bits per heavy atom. The van der Waals surface area contributed by atoms with E-state index >= 15 is 0 Å². The fraction of sp³-hybridized carbons (Fsp3) is 0.143. The summed E-state index contributed by atoms with van der Waals surface area (Å²) in [6.07, 6.45) is 1.58. The molecule has 2 N–H and O–H groups in total. The Kier molecular flexibility index (Phi) is 3.57. The fourth-order valence-electron chi connectivity index (χ4n) is 1.71. The van der Waals surface area contributed by atoms with Crippen molar-refractivity contribution in [1.82, 2.24) is 4.98 Å². The van der Waals surface area contributed by atoms with Gasteiger partial charge in [-0.25, -0.2) is 9.78 Å². The van der Waals surface area contributed by atoms with Crippen LogP contribution in [0.25, 0.3) is 0 Å². The summed E-state index contributed by atoms with van der Waals surface area (Å²) >= 11 is 0. The topological polar surface area (TPSA) is 62.2 Å². The predicted molar refractivity (Wildman–Crippen MR) is 69.7 cm³/mol. The number of carbonyl (C=O) groups is 1. The Bertz CT molecular complexity index is 567. The molecular weight excluding hydrogens is 228 g/mol. The number of hydrogen-bond donors (Lipinski definition) is 2. The van der Waals surface area contributed by atoms with E-state index in [4.69, 9.17) is 5.11 Å². The zero-order valence-corrected chi connectivity index (χ0v) is 10.1. The monoisotopic (exact) mass is 242 g/mol. The molecule has 0 aliphatic rings. The van der Waals surface area contributed by atoms with Crippen LogP contribution >= 0.6 is 0 Å². The van der Waals surface area contributed by atoms with Gasteiger partial charge in [-0.2, -0.15) is 0 Å².